The number of rotatable bonds is 5. The topological polar surface area (TPSA) is 72.5 Å². The van der Waals surface area contributed by atoms with Crippen LogP contribution in [-0.2, 0) is 14.8 Å². The van der Waals surface area contributed by atoms with Crippen molar-refractivity contribution in [2.75, 3.05) is 7.11 Å². The zero-order valence-corrected chi connectivity index (χ0v) is 11.5. The molecule has 6 heteroatoms. The highest BCUT2D eigenvalue weighted by molar-refractivity contribution is 7.90. The molecule has 0 unspecified atom stereocenters. The summed E-state index contributed by atoms with van der Waals surface area (Å²) in [6.07, 6.45) is 0.587. The summed E-state index contributed by atoms with van der Waals surface area (Å²) in [4.78, 5) is 11.6. The Kier molecular flexibility index (Phi) is 4.72. The number of sulfonamides is 1. The summed E-state index contributed by atoms with van der Waals surface area (Å²) in [5, 5.41) is 0. The Balaban J connectivity index is 2.89. The van der Waals surface area contributed by atoms with E-state index in [-0.39, 0.29) is 10.8 Å². The summed E-state index contributed by atoms with van der Waals surface area (Å²) in [6.45, 7) is 3.50. The minimum atomic E-state index is -3.79. The van der Waals surface area contributed by atoms with Crippen LogP contribution < -0.4 is 9.46 Å². The Morgan fingerprint density at radius 2 is 1.89 bits per heavy atom. The molecule has 0 spiro atoms. The normalized spacial score (nSPS) is 12.8. The molecule has 1 aromatic rings. The van der Waals surface area contributed by atoms with Gasteiger partial charge in [0.05, 0.1) is 12.0 Å². The van der Waals surface area contributed by atoms with Crippen LogP contribution in [0.5, 0.6) is 5.75 Å². The first-order valence-corrected chi connectivity index (χ1v) is 7.09. The maximum Gasteiger partial charge on any atom is 0.264 e. The third-order valence-corrected chi connectivity index (χ3v) is 4.03. The van der Waals surface area contributed by atoms with Gasteiger partial charge in [-0.25, -0.2) is 13.1 Å². The molecule has 0 saturated carbocycles. The average Bonchev–Trinajstić information content (AvgIpc) is 2.37. The first-order chi connectivity index (χ1) is 8.40. The lowest BCUT2D eigenvalue weighted by Crippen LogP contribution is -2.34. The molecular formula is C12H17NO4S. The molecule has 0 aromatic heterocycles. The largest absolute Gasteiger partial charge is 0.497 e. The van der Waals surface area contributed by atoms with Crippen molar-refractivity contribution in [3.05, 3.63) is 24.3 Å². The fourth-order valence-corrected chi connectivity index (χ4v) is 2.31. The standard InChI is InChI=1S/C12H17NO4S/c1-4-9(2)12(14)13-18(15,16)11-7-5-10(17-3)6-8-11/h5-9H,4H2,1-3H3,(H,13,14)/t9-/m1/s1. The van der Waals surface area contributed by atoms with Crippen LogP contribution in [-0.4, -0.2) is 21.4 Å². The van der Waals surface area contributed by atoms with Crippen LogP contribution in [0.3, 0.4) is 0 Å². The van der Waals surface area contributed by atoms with Crippen LogP contribution in [0.1, 0.15) is 20.3 Å². The smallest absolute Gasteiger partial charge is 0.264 e. The number of hydrogen-bond acceptors (Lipinski definition) is 4. The van der Waals surface area contributed by atoms with Crippen LogP contribution in [0.2, 0.25) is 0 Å². The summed E-state index contributed by atoms with van der Waals surface area (Å²) in [6, 6.07) is 5.85. The Bertz CT molecular complexity index is 507. The number of benzene rings is 1. The molecule has 5 nitrogen and oxygen atoms in total. The Morgan fingerprint density at radius 1 is 1.33 bits per heavy atom. The molecule has 0 bridgehead atoms. The molecule has 100 valence electrons. The maximum atomic E-state index is 11.9. The lowest BCUT2D eigenvalue weighted by atomic mass is 10.1. The fourth-order valence-electron chi connectivity index (χ4n) is 1.23. The van der Waals surface area contributed by atoms with E-state index in [9.17, 15) is 13.2 Å². The van der Waals surface area contributed by atoms with Crippen molar-refractivity contribution in [1.29, 1.82) is 0 Å². The molecule has 0 aliphatic carbocycles. The van der Waals surface area contributed by atoms with Crippen LogP contribution in [0.4, 0.5) is 0 Å². The lowest BCUT2D eigenvalue weighted by Gasteiger charge is -2.10. The number of methoxy groups -OCH3 is 1. The summed E-state index contributed by atoms with van der Waals surface area (Å²) in [5.74, 6) is -0.270. The monoisotopic (exact) mass is 271 g/mol. The van der Waals surface area contributed by atoms with E-state index in [0.29, 0.717) is 12.2 Å². The lowest BCUT2D eigenvalue weighted by molar-refractivity contribution is -0.122. The molecule has 1 atom stereocenters. The minimum absolute atomic E-state index is 0.0416. The van der Waals surface area contributed by atoms with Crippen molar-refractivity contribution in [1.82, 2.24) is 4.72 Å². The van der Waals surface area contributed by atoms with Crippen molar-refractivity contribution in [2.24, 2.45) is 5.92 Å². The van der Waals surface area contributed by atoms with Gasteiger partial charge in [-0.1, -0.05) is 13.8 Å². The Hall–Kier alpha value is -1.56. The molecular weight excluding hydrogens is 254 g/mol. The van der Waals surface area contributed by atoms with E-state index in [4.69, 9.17) is 4.74 Å². The van der Waals surface area contributed by atoms with Crippen molar-refractivity contribution < 1.29 is 17.9 Å². The molecule has 0 fully saturated rings. The molecule has 0 aliphatic rings. The highest BCUT2D eigenvalue weighted by atomic mass is 32.2. The van der Waals surface area contributed by atoms with Gasteiger partial charge >= 0.3 is 0 Å². The third-order valence-electron chi connectivity index (χ3n) is 2.66. The maximum absolute atomic E-state index is 11.9. The van der Waals surface area contributed by atoms with Crippen molar-refractivity contribution >= 4 is 15.9 Å². The second-order valence-corrected chi connectivity index (χ2v) is 5.64. The molecule has 0 aliphatic heterocycles. The first kappa shape index (κ1) is 14.5. The van der Waals surface area contributed by atoms with Gasteiger partial charge in [-0.2, -0.15) is 0 Å². The molecule has 0 heterocycles. The number of ether oxygens (including phenoxy) is 1. The molecule has 1 N–H and O–H groups in total. The van der Waals surface area contributed by atoms with Gasteiger partial charge < -0.3 is 4.74 Å². The Labute approximate surface area is 107 Å². The molecule has 0 saturated heterocycles. The van der Waals surface area contributed by atoms with Gasteiger partial charge in [-0.3, -0.25) is 4.79 Å². The van der Waals surface area contributed by atoms with Crippen molar-refractivity contribution in [2.45, 2.75) is 25.2 Å². The van der Waals surface area contributed by atoms with Gasteiger partial charge in [0.15, 0.2) is 0 Å². The minimum Gasteiger partial charge on any atom is -0.497 e. The van der Waals surface area contributed by atoms with Gasteiger partial charge in [-0.15, -0.1) is 0 Å². The highest BCUT2D eigenvalue weighted by Gasteiger charge is 2.20. The van der Waals surface area contributed by atoms with Crippen LogP contribution in [0.15, 0.2) is 29.2 Å². The van der Waals surface area contributed by atoms with Gasteiger partial charge in [0.2, 0.25) is 5.91 Å². The van der Waals surface area contributed by atoms with Gasteiger partial charge in [0, 0.05) is 5.92 Å². The quantitative estimate of drug-likeness (QED) is 0.881. The SMILES string of the molecule is CC[C@@H](C)C(=O)NS(=O)(=O)c1ccc(OC)cc1. The van der Waals surface area contributed by atoms with Gasteiger partial charge in [0.1, 0.15) is 5.75 Å². The first-order valence-electron chi connectivity index (χ1n) is 5.61. The van der Waals surface area contributed by atoms with E-state index < -0.39 is 15.9 Å². The number of nitrogens with one attached hydrogen (secondary N) is 1. The molecule has 1 aromatic carbocycles. The van der Waals surface area contributed by atoms with E-state index in [1.807, 2.05) is 6.92 Å². The zero-order chi connectivity index (χ0) is 13.8. The predicted octanol–water partition coefficient (Wildman–Crippen LogP) is 1.55. The van der Waals surface area contributed by atoms with E-state index in [2.05, 4.69) is 4.72 Å². The summed E-state index contributed by atoms with van der Waals surface area (Å²) in [5.41, 5.74) is 0. The van der Waals surface area contributed by atoms with Crippen LogP contribution in [0, 0.1) is 5.92 Å². The number of carbonyl (C=O) groups is 1. The van der Waals surface area contributed by atoms with E-state index in [1.165, 1.54) is 31.4 Å². The summed E-state index contributed by atoms with van der Waals surface area (Å²) >= 11 is 0. The van der Waals surface area contributed by atoms with E-state index >= 15 is 0 Å². The second-order valence-electron chi connectivity index (χ2n) is 3.95. The molecule has 18 heavy (non-hydrogen) atoms. The highest BCUT2D eigenvalue weighted by Crippen LogP contribution is 2.15. The van der Waals surface area contributed by atoms with Crippen LogP contribution >= 0.6 is 0 Å². The Morgan fingerprint density at radius 3 is 2.33 bits per heavy atom. The summed E-state index contributed by atoms with van der Waals surface area (Å²) in [7, 11) is -2.30. The second kappa shape index (κ2) is 5.86. The number of hydrogen-bond donors (Lipinski definition) is 1. The molecule has 1 rings (SSSR count). The molecule has 1 amide bonds. The van der Waals surface area contributed by atoms with Gasteiger partial charge in [-0.05, 0) is 30.7 Å². The van der Waals surface area contributed by atoms with Gasteiger partial charge in [0.25, 0.3) is 10.0 Å². The fraction of sp³-hybridized carbons (Fsp3) is 0.417. The van der Waals surface area contributed by atoms with Crippen molar-refractivity contribution in [3.63, 3.8) is 0 Å². The van der Waals surface area contributed by atoms with E-state index in [0.717, 1.165) is 0 Å². The third kappa shape index (κ3) is 3.46. The van der Waals surface area contributed by atoms with Crippen molar-refractivity contribution in [3.8, 4) is 5.75 Å². The van der Waals surface area contributed by atoms with Crippen LogP contribution in [0.25, 0.3) is 0 Å². The molecule has 0 radical (unpaired) electrons. The number of carbonyl (C=O) groups excluding carboxylic acids is 1. The number of amides is 1. The average molecular weight is 271 g/mol. The van der Waals surface area contributed by atoms with E-state index in [1.54, 1.807) is 6.92 Å². The summed E-state index contributed by atoms with van der Waals surface area (Å²) < 4.78 is 30.8. The zero-order valence-electron chi connectivity index (χ0n) is 10.6. The predicted molar refractivity (Wildman–Crippen MR) is 67.8 cm³/mol.